The van der Waals surface area contributed by atoms with Gasteiger partial charge in [-0.2, -0.15) is 0 Å². The quantitative estimate of drug-likeness (QED) is 0.0417. The fourth-order valence-corrected chi connectivity index (χ4v) is 10.2. The molecule has 0 bridgehead atoms. The standard InChI is InChI=1S/C46H57N11O7S2/c47-40(59)37-27-66-65-22-19-34(52-39(58)24-29-13-5-2-6-14-29)45(64)57-21-10-18-38(57)44(63)55-35(23-28-11-3-1-4-12-28)42(61)53-33(17-9-20-50-46(48)49)41(60)54-36(43(62)56-37)25-30-26-51-32-16-8-7-15-31(30)32/h1-8,11-16,26,33-38,51H,9-10,17-25,27H2,(H2,47,59)(H,52,58)(H,53,61)(H,54,60)(H,55,63)(H,56,62)(H4,48,49,50)/t33-,34?,35+,36-,37-,38-/m0/s1. The van der Waals surface area contributed by atoms with Crippen molar-refractivity contribution in [3.63, 3.8) is 0 Å². The molecule has 3 aromatic carbocycles. The molecule has 3 heterocycles. The number of carbonyl (C=O) groups excluding carboxylic acids is 7. The molecule has 2 fully saturated rings. The van der Waals surface area contributed by atoms with Gasteiger partial charge in [-0.25, -0.2) is 0 Å². The Morgan fingerprint density at radius 3 is 2.09 bits per heavy atom. The van der Waals surface area contributed by atoms with Crippen LogP contribution in [0.4, 0.5) is 0 Å². The second kappa shape index (κ2) is 24.1. The van der Waals surface area contributed by atoms with Gasteiger partial charge < -0.3 is 53.7 Å². The first-order valence-corrected chi connectivity index (χ1v) is 24.4. The average Bonchev–Trinajstić information content (AvgIpc) is 3.96. The lowest BCUT2D eigenvalue weighted by atomic mass is 10.0. The van der Waals surface area contributed by atoms with E-state index in [1.54, 1.807) is 30.5 Å². The van der Waals surface area contributed by atoms with Crippen LogP contribution in [0.25, 0.3) is 10.9 Å². The minimum absolute atomic E-state index is 0.000381. The second-order valence-corrected chi connectivity index (χ2v) is 18.8. The number of aromatic amines is 1. The van der Waals surface area contributed by atoms with Crippen molar-refractivity contribution in [2.45, 2.75) is 87.6 Å². The number of nitrogens with one attached hydrogen (secondary N) is 6. The summed E-state index contributed by atoms with van der Waals surface area (Å²) in [5.74, 6) is -4.08. The van der Waals surface area contributed by atoms with Gasteiger partial charge in [0.25, 0.3) is 0 Å². The maximum Gasteiger partial charge on any atom is 0.245 e. The minimum atomic E-state index is -1.25. The zero-order valence-corrected chi connectivity index (χ0v) is 38.0. The zero-order valence-electron chi connectivity index (χ0n) is 36.4. The van der Waals surface area contributed by atoms with Crippen molar-refractivity contribution in [3.05, 3.63) is 108 Å². The number of nitrogens with zero attached hydrogens (tertiary/aromatic N) is 2. The largest absolute Gasteiger partial charge is 0.370 e. The van der Waals surface area contributed by atoms with Gasteiger partial charge in [-0.1, -0.05) is 100 Å². The highest BCUT2D eigenvalue weighted by Gasteiger charge is 2.40. The van der Waals surface area contributed by atoms with E-state index in [2.05, 4.69) is 36.6 Å². The maximum absolute atomic E-state index is 14.5. The van der Waals surface area contributed by atoms with Crippen LogP contribution >= 0.6 is 21.6 Å². The normalized spacial score (nSPS) is 22.7. The lowest BCUT2D eigenvalue weighted by Crippen LogP contribution is -2.60. The SMILES string of the molecule is NC(=O)[C@@H]1CSSCCC(NC(=O)Cc2ccccc2)C(=O)N2CCC[C@H]2C(=O)N[C@H](Cc2ccccc2)C(=O)N[C@@H](CCCN=C(N)N)C(=O)N[C@@H](Cc2c[nH]c3ccccc23)C(=O)N1. The summed E-state index contributed by atoms with van der Waals surface area (Å²) >= 11 is 0. The van der Waals surface area contributed by atoms with Crippen molar-refractivity contribution >= 4 is 79.8 Å². The van der Waals surface area contributed by atoms with Gasteiger partial charge in [-0.3, -0.25) is 38.6 Å². The minimum Gasteiger partial charge on any atom is -0.370 e. The van der Waals surface area contributed by atoms with E-state index in [0.29, 0.717) is 29.7 Å². The van der Waals surface area contributed by atoms with Crippen LogP contribution in [-0.4, -0.2) is 118 Å². The number of hydrogen-bond acceptors (Lipinski definition) is 10. The van der Waals surface area contributed by atoms with Gasteiger partial charge in [0.1, 0.15) is 36.3 Å². The zero-order chi connectivity index (χ0) is 47.0. The monoisotopic (exact) mass is 939 g/mol. The Labute approximate surface area is 390 Å². The second-order valence-electron chi connectivity index (χ2n) is 16.2. The number of benzene rings is 3. The van der Waals surface area contributed by atoms with Crippen molar-refractivity contribution in [1.82, 2.24) is 36.5 Å². The summed E-state index contributed by atoms with van der Waals surface area (Å²) in [6, 6.07) is 18.7. The molecule has 2 saturated heterocycles. The number of guanidine groups is 1. The molecule has 0 spiro atoms. The molecule has 0 aliphatic carbocycles. The molecule has 20 heteroatoms. The van der Waals surface area contributed by atoms with Crippen molar-refractivity contribution in [2.75, 3.05) is 24.6 Å². The van der Waals surface area contributed by atoms with Gasteiger partial charge in [-0.15, -0.1) is 0 Å². The van der Waals surface area contributed by atoms with E-state index in [4.69, 9.17) is 17.2 Å². The lowest BCUT2D eigenvalue weighted by Gasteiger charge is -2.30. The highest BCUT2D eigenvalue weighted by Crippen LogP contribution is 2.26. The highest BCUT2D eigenvalue weighted by molar-refractivity contribution is 8.76. The number of primary amides is 1. The molecule has 1 aromatic heterocycles. The summed E-state index contributed by atoms with van der Waals surface area (Å²) in [6.07, 6.45) is 3.07. The van der Waals surface area contributed by atoms with Crippen LogP contribution in [-0.2, 0) is 52.8 Å². The number of fused-ring (bicyclic) bond motifs is 2. The van der Waals surface area contributed by atoms with Crippen molar-refractivity contribution in [3.8, 4) is 0 Å². The topological polar surface area (TPSA) is 289 Å². The predicted molar refractivity (Wildman–Crippen MR) is 255 cm³/mol. The van der Waals surface area contributed by atoms with Crippen molar-refractivity contribution < 1.29 is 33.6 Å². The molecule has 350 valence electrons. The van der Waals surface area contributed by atoms with Crippen molar-refractivity contribution in [2.24, 2.45) is 22.2 Å². The highest BCUT2D eigenvalue weighted by atomic mass is 33.1. The molecule has 2 aliphatic rings. The van der Waals surface area contributed by atoms with E-state index in [1.165, 1.54) is 26.5 Å². The van der Waals surface area contributed by atoms with Gasteiger partial charge in [-0.05, 0) is 54.9 Å². The summed E-state index contributed by atoms with van der Waals surface area (Å²) < 4.78 is 0. The van der Waals surface area contributed by atoms with E-state index in [1.807, 2.05) is 60.7 Å². The van der Waals surface area contributed by atoms with Crippen LogP contribution in [0.2, 0.25) is 0 Å². The summed E-state index contributed by atoms with van der Waals surface area (Å²) in [5.41, 5.74) is 19.9. The molecular weight excluding hydrogens is 883 g/mol. The Morgan fingerprint density at radius 2 is 1.36 bits per heavy atom. The predicted octanol–water partition coefficient (Wildman–Crippen LogP) is 0.935. The molecule has 7 amide bonds. The molecule has 66 heavy (non-hydrogen) atoms. The van der Waals surface area contributed by atoms with Crippen LogP contribution in [0.15, 0.2) is 96.1 Å². The molecule has 0 radical (unpaired) electrons. The molecule has 6 atom stereocenters. The molecule has 2 aliphatic heterocycles. The van der Waals surface area contributed by atoms with Crippen LogP contribution in [0, 0.1) is 0 Å². The van der Waals surface area contributed by atoms with E-state index >= 15 is 0 Å². The molecule has 4 aromatic rings. The maximum atomic E-state index is 14.5. The molecular formula is C46H57N11O7S2. The van der Waals surface area contributed by atoms with Crippen molar-refractivity contribution in [1.29, 1.82) is 0 Å². The Morgan fingerprint density at radius 1 is 0.727 bits per heavy atom. The molecule has 18 nitrogen and oxygen atoms in total. The number of rotatable bonds is 12. The third kappa shape index (κ3) is 14.0. The number of carbonyl (C=O) groups is 7. The first-order valence-electron chi connectivity index (χ1n) is 21.9. The Hall–Kier alpha value is -6.54. The van der Waals surface area contributed by atoms with E-state index in [9.17, 15) is 33.6 Å². The van der Waals surface area contributed by atoms with Crippen LogP contribution in [0.1, 0.15) is 48.8 Å². The van der Waals surface area contributed by atoms with Crippen LogP contribution < -0.4 is 43.8 Å². The molecule has 1 unspecified atom stereocenters. The molecule has 12 N–H and O–H groups in total. The Balaban J connectivity index is 1.33. The molecule has 6 rings (SSSR count). The van der Waals surface area contributed by atoms with Gasteiger partial charge in [0.15, 0.2) is 5.96 Å². The van der Waals surface area contributed by atoms with Crippen LogP contribution in [0.5, 0.6) is 0 Å². The van der Waals surface area contributed by atoms with Crippen LogP contribution in [0.3, 0.4) is 0 Å². The number of H-pyrrole nitrogens is 1. The van der Waals surface area contributed by atoms with E-state index in [0.717, 1.165) is 16.5 Å². The number of nitrogens with two attached hydrogens (primary N) is 3. The number of aromatic nitrogens is 1. The third-order valence-corrected chi connectivity index (χ3v) is 13.8. The lowest BCUT2D eigenvalue weighted by molar-refractivity contribution is -0.142. The van der Waals surface area contributed by atoms with Gasteiger partial charge in [0, 0.05) is 54.5 Å². The number of amides is 7. The van der Waals surface area contributed by atoms with Gasteiger partial charge in [0.05, 0.1) is 6.42 Å². The number of hydrogen-bond donors (Lipinski definition) is 9. The Bertz CT molecular complexity index is 2360. The smallest absolute Gasteiger partial charge is 0.245 e. The van der Waals surface area contributed by atoms with E-state index < -0.39 is 71.7 Å². The first kappa shape index (κ1) is 48.9. The average molecular weight is 940 g/mol. The fraction of sp³-hybridized carbons (Fsp3) is 0.391. The summed E-state index contributed by atoms with van der Waals surface area (Å²) in [5, 5.41) is 15.0. The first-order chi connectivity index (χ1) is 31.9. The summed E-state index contributed by atoms with van der Waals surface area (Å²) in [4.78, 5) is 107. The summed E-state index contributed by atoms with van der Waals surface area (Å²) in [6.45, 7) is 0.373. The number of aliphatic imine (C=N–C) groups is 1. The Kier molecular flexibility index (Phi) is 17.9. The summed E-state index contributed by atoms with van der Waals surface area (Å²) in [7, 11) is 2.56. The van der Waals surface area contributed by atoms with Gasteiger partial charge >= 0.3 is 0 Å². The number of para-hydroxylation sites is 1. The van der Waals surface area contributed by atoms with E-state index in [-0.39, 0.29) is 69.2 Å². The third-order valence-electron chi connectivity index (χ3n) is 11.4. The molecule has 0 saturated carbocycles. The fourth-order valence-electron chi connectivity index (χ4n) is 7.97. The van der Waals surface area contributed by atoms with Gasteiger partial charge in [0.2, 0.25) is 41.4 Å².